The average Bonchev–Trinajstić information content (AvgIpc) is 2.73. The third-order valence-electron chi connectivity index (χ3n) is 4.86. The first-order valence-corrected chi connectivity index (χ1v) is 11.5. The third kappa shape index (κ3) is 5.33. The van der Waals surface area contributed by atoms with Crippen molar-refractivity contribution in [2.45, 2.75) is 38.0 Å². The molecule has 0 saturated heterocycles. The van der Waals surface area contributed by atoms with Gasteiger partial charge in [0.2, 0.25) is 0 Å². The number of para-hydroxylation sites is 1. The Kier molecular flexibility index (Phi) is 6.51. The second-order valence-corrected chi connectivity index (χ2v) is 10.2. The minimum Gasteiger partial charge on any atom is -0.484 e. The lowest BCUT2D eigenvalue weighted by molar-refractivity contribution is -0.119. The van der Waals surface area contributed by atoms with Crippen molar-refractivity contribution < 1.29 is 17.9 Å². The molecular formula is C25H27NO4S. The van der Waals surface area contributed by atoms with Crippen LogP contribution in [0.15, 0.2) is 83.8 Å². The maximum absolute atomic E-state index is 13.3. The highest BCUT2D eigenvalue weighted by Crippen LogP contribution is 2.26. The molecule has 0 aliphatic rings. The van der Waals surface area contributed by atoms with Gasteiger partial charge in [0.05, 0.1) is 10.6 Å². The van der Waals surface area contributed by atoms with Crippen LogP contribution < -0.4 is 9.04 Å². The number of aryl methyl sites for hydroxylation is 1. The van der Waals surface area contributed by atoms with E-state index < -0.39 is 22.5 Å². The second-order valence-electron chi connectivity index (χ2n) is 8.37. The molecule has 0 spiro atoms. The van der Waals surface area contributed by atoms with E-state index in [4.69, 9.17) is 4.74 Å². The summed E-state index contributed by atoms with van der Waals surface area (Å²) in [5, 5.41) is 0. The van der Waals surface area contributed by atoms with Crippen LogP contribution in [0.3, 0.4) is 0 Å². The number of carbonyl (C=O) groups excluding carboxylic acids is 1. The Labute approximate surface area is 184 Å². The number of rotatable bonds is 6. The zero-order chi connectivity index (χ0) is 22.6. The number of hydrogen-bond acceptors (Lipinski definition) is 4. The van der Waals surface area contributed by atoms with Gasteiger partial charge in [-0.3, -0.25) is 4.79 Å². The largest absolute Gasteiger partial charge is 0.484 e. The Morgan fingerprint density at radius 2 is 1.45 bits per heavy atom. The molecule has 0 aromatic heterocycles. The van der Waals surface area contributed by atoms with Crippen molar-refractivity contribution >= 4 is 21.6 Å². The lowest BCUT2D eigenvalue weighted by atomic mass is 9.87. The summed E-state index contributed by atoms with van der Waals surface area (Å²) in [4.78, 5) is 13.1. The van der Waals surface area contributed by atoms with Crippen molar-refractivity contribution in [1.29, 1.82) is 0 Å². The van der Waals surface area contributed by atoms with Gasteiger partial charge < -0.3 is 4.74 Å². The van der Waals surface area contributed by atoms with E-state index in [1.54, 1.807) is 54.6 Å². The van der Waals surface area contributed by atoms with Gasteiger partial charge >= 0.3 is 0 Å². The normalized spacial score (nSPS) is 11.7. The standard InChI is InChI=1S/C25H27NO4S/c1-19-10-16-23(17-11-19)31(28,29)26(21-8-6-5-7-9-21)24(27)18-30-22-14-12-20(13-15-22)25(2,3)4/h5-17H,18H2,1-4H3. The van der Waals surface area contributed by atoms with E-state index in [2.05, 4.69) is 20.8 Å². The molecule has 0 N–H and O–H groups in total. The highest BCUT2D eigenvalue weighted by molar-refractivity contribution is 7.93. The predicted octanol–water partition coefficient (Wildman–Crippen LogP) is 5.09. The summed E-state index contributed by atoms with van der Waals surface area (Å²) < 4.78 is 33.0. The average molecular weight is 438 g/mol. The molecule has 0 radical (unpaired) electrons. The van der Waals surface area contributed by atoms with Crippen molar-refractivity contribution in [3.8, 4) is 5.75 Å². The van der Waals surface area contributed by atoms with Crippen LogP contribution in [0.4, 0.5) is 5.69 Å². The summed E-state index contributed by atoms with van der Waals surface area (Å²) in [6.07, 6.45) is 0. The number of nitrogens with zero attached hydrogens (tertiary/aromatic N) is 1. The van der Waals surface area contributed by atoms with Crippen LogP contribution in [-0.4, -0.2) is 20.9 Å². The highest BCUT2D eigenvalue weighted by Gasteiger charge is 2.31. The molecule has 6 heteroatoms. The molecule has 3 rings (SSSR count). The molecule has 0 bridgehead atoms. The molecule has 31 heavy (non-hydrogen) atoms. The molecule has 3 aromatic carbocycles. The van der Waals surface area contributed by atoms with Crippen molar-refractivity contribution in [2.24, 2.45) is 0 Å². The van der Waals surface area contributed by atoms with Gasteiger partial charge in [0.15, 0.2) is 6.61 Å². The Balaban J connectivity index is 1.86. The first-order chi connectivity index (χ1) is 14.6. The Bertz CT molecular complexity index is 1130. The van der Waals surface area contributed by atoms with Crippen LogP contribution in [0.5, 0.6) is 5.75 Å². The summed E-state index contributed by atoms with van der Waals surface area (Å²) in [5.41, 5.74) is 2.33. The Hall–Kier alpha value is -3.12. The van der Waals surface area contributed by atoms with Gasteiger partial charge in [0, 0.05) is 0 Å². The molecule has 0 atom stereocenters. The molecule has 0 aliphatic heterocycles. The van der Waals surface area contributed by atoms with Gasteiger partial charge in [-0.05, 0) is 54.3 Å². The Morgan fingerprint density at radius 3 is 2.00 bits per heavy atom. The molecule has 3 aromatic rings. The van der Waals surface area contributed by atoms with Crippen LogP contribution >= 0.6 is 0 Å². The van der Waals surface area contributed by atoms with Crippen LogP contribution in [0, 0.1) is 6.92 Å². The quantitative estimate of drug-likeness (QED) is 0.539. The monoisotopic (exact) mass is 437 g/mol. The van der Waals surface area contributed by atoms with Gasteiger partial charge in [-0.1, -0.05) is 68.8 Å². The number of benzene rings is 3. The van der Waals surface area contributed by atoms with E-state index in [1.807, 2.05) is 19.1 Å². The molecule has 162 valence electrons. The number of ether oxygens (including phenoxy) is 1. The number of amides is 1. The van der Waals surface area contributed by atoms with Crippen LogP contribution in [0.25, 0.3) is 0 Å². The van der Waals surface area contributed by atoms with Crippen LogP contribution in [0.1, 0.15) is 31.9 Å². The topological polar surface area (TPSA) is 63.7 Å². The molecular weight excluding hydrogens is 410 g/mol. The summed E-state index contributed by atoms with van der Waals surface area (Å²) >= 11 is 0. The molecule has 0 heterocycles. The van der Waals surface area contributed by atoms with E-state index in [0.717, 1.165) is 15.4 Å². The smallest absolute Gasteiger partial charge is 0.278 e. The molecule has 0 unspecified atom stereocenters. The summed E-state index contributed by atoms with van der Waals surface area (Å²) in [6, 6.07) is 22.2. The molecule has 1 amide bonds. The van der Waals surface area contributed by atoms with E-state index in [1.165, 1.54) is 12.1 Å². The zero-order valence-electron chi connectivity index (χ0n) is 18.2. The minimum atomic E-state index is -4.10. The number of hydrogen-bond donors (Lipinski definition) is 0. The Morgan fingerprint density at radius 1 is 0.871 bits per heavy atom. The lowest BCUT2D eigenvalue weighted by Crippen LogP contribution is -2.40. The number of carbonyl (C=O) groups is 1. The first-order valence-electron chi connectivity index (χ1n) is 10.0. The van der Waals surface area contributed by atoms with E-state index in [9.17, 15) is 13.2 Å². The summed E-state index contributed by atoms with van der Waals surface area (Å²) in [6.45, 7) is 7.80. The highest BCUT2D eigenvalue weighted by atomic mass is 32.2. The maximum atomic E-state index is 13.3. The molecule has 0 saturated carbocycles. The molecule has 0 aliphatic carbocycles. The fourth-order valence-electron chi connectivity index (χ4n) is 3.05. The predicted molar refractivity (Wildman–Crippen MR) is 123 cm³/mol. The van der Waals surface area contributed by atoms with Gasteiger partial charge in [0.25, 0.3) is 15.9 Å². The van der Waals surface area contributed by atoms with E-state index >= 15 is 0 Å². The SMILES string of the molecule is Cc1ccc(S(=O)(=O)N(C(=O)COc2ccc(C(C)(C)C)cc2)c2ccccc2)cc1. The van der Waals surface area contributed by atoms with Crippen LogP contribution in [-0.2, 0) is 20.2 Å². The van der Waals surface area contributed by atoms with Crippen molar-refractivity contribution in [3.05, 3.63) is 90.0 Å². The van der Waals surface area contributed by atoms with Crippen molar-refractivity contribution in [3.63, 3.8) is 0 Å². The first kappa shape index (κ1) is 22.6. The lowest BCUT2D eigenvalue weighted by Gasteiger charge is -2.23. The minimum absolute atomic E-state index is 0.000570. The van der Waals surface area contributed by atoms with Gasteiger partial charge in [-0.15, -0.1) is 0 Å². The fraction of sp³-hybridized carbons (Fsp3) is 0.240. The number of anilines is 1. The molecule has 0 fully saturated rings. The van der Waals surface area contributed by atoms with Gasteiger partial charge in [-0.25, -0.2) is 8.42 Å². The van der Waals surface area contributed by atoms with Crippen molar-refractivity contribution in [2.75, 3.05) is 10.9 Å². The van der Waals surface area contributed by atoms with Gasteiger partial charge in [0.1, 0.15) is 5.75 Å². The van der Waals surface area contributed by atoms with Crippen molar-refractivity contribution in [1.82, 2.24) is 0 Å². The third-order valence-corrected chi connectivity index (χ3v) is 6.62. The summed E-state index contributed by atoms with van der Waals surface area (Å²) in [5.74, 6) is -0.172. The summed E-state index contributed by atoms with van der Waals surface area (Å²) in [7, 11) is -4.10. The second kappa shape index (κ2) is 8.94. The number of sulfonamides is 1. The van der Waals surface area contributed by atoms with Gasteiger partial charge in [-0.2, -0.15) is 4.31 Å². The maximum Gasteiger partial charge on any atom is 0.278 e. The van der Waals surface area contributed by atoms with E-state index in [-0.39, 0.29) is 16.0 Å². The fourth-order valence-corrected chi connectivity index (χ4v) is 4.46. The van der Waals surface area contributed by atoms with E-state index in [0.29, 0.717) is 5.75 Å². The zero-order valence-corrected chi connectivity index (χ0v) is 19.0. The van der Waals surface area contributed by atoms with Crippen LogP contribution in [0.2, 0.25) is 0 Å². The molecule has 5 nitrogen and oxygen atoms in total.